The maximum atomic E-state index is 6.71. The first-order valence-electron chi connectivity index (χ1n) is 13.6. The fourth-order valence-corrected chi connectivity index (χ4v) is 6.46. The molecule has 0 unspecified atom stereocenters. The molecule has 11 heteroatoms. The summed E-state index contributed by atoms with van der Waals surface area (Å²) in [4.78, 5) is 22.3. The number of halogens is 1. The Hall–Kier alpha value is -4.28. The van der Waals surface area contributed by atoms with Crippen LogP contribution in [-0.4, -0.2) is 71.7 Å². The van der Waals surface area contributed by atoms with Crippen LogP contribution in [0.15, 0.2) is 55.0 Å². The molecule has 6 aromatic rings. The first-order valence-corrected chi connectivity index (χ1v) is 14.0. The van der Waals surface area contributed by atoms with Crippen LogP contribution in [0.4, 0.5) is 17.3 Å². The van der Waals surface area contributed by atoms with Crippen molar-refractivity contribution in [1.29, 1.82) is 0 Å². The lowest BCUT2D eigenvalue weighted by molar-refractivity contribution is 0.231. The molecule has 0 saturated carbocycles. The van der Waals surface area contributed by atoms with Crippen molar-refractivity contribution in [2.75, 3.05) is 36.4 Å². The number of nitrogens with zero attached hydrogens (tertiary/aromatic N) is 8. The fraction of sp³-hybridized carbons (Fsp3) is 0.276. The number of imidazole rings is 1. The van der Waals surface area contributed by atoms with Crippen LogP contribution >= 0.6 is 11.6 Å². The van der Waals surface area contributed by atoms with Gasteiger partial charge in [-0.3, -0.25) is 9.30 Å². The monoisotopic (exact) mass is 550 g/mol. The molecule has 0 bridgehead atoms. The number of aromatic amines is 1. The van der Waals surface area contributed by atoms with Gasteiger partial charge in [0, 0.05) is 59.8 Å². The molecule has 40 heavy (non-hydrogen) atoms. The number of aromatic nitrogens is 7. The Morgan fingerprint density at radius 1 is 1.00 bits per heavy atom. The standard InChI is InChI=1S/C29H27ClN10/c1-17-33-25-12-22(24(30)13-26(25)34-17)23-11-18-14-31-29(36-27(18)40-16-32-37-28(23)40)35-19-4-6-20(7-5-19)39-10-9-38-8-2-3-21(38)15-39/h4-7,11-14,16,21H,2-3,8-10,15H2,1H3,(H,33,34)(H,31,35,36)/t21-/m1/s1. The number of benzene rings is 2. The highest BCUT2D eigenvalue weighted by Crippen LogP contribution is 2.35. The van der Waals surface area contributed by atoms with E-state index in [1.165, 1.54) is 25.1 Å². The van der Waals surface area contributed by atoms with Gasteiger partial charge in [0.05, 0.1) is 16.1 Å². The molecule has 0 spiro atoms. The summed E-state index contributed by atoms with van der Waals surface area (Å²) < 4.78 is 1.88. The molecular formula is C29H27ClN10. The van der Waals surface area contributed by atoms with Gasteiger partial charge in [0.2, 0.25) is 5.95 Å². The quantitative estimate of drug-likeness (QED) is 0.308. The summed E-state index contributed by atoms with van der Waals surface area (Å²) in [5, 5.41) is 13.4. The molecular weight excluding hydrogens is 524 g/mol. The molecule has 2 aliphatic rings. The summed E-state index contributed by atoms with van der Waals surface area (Å²) in [6.45, 7) is 6.52. The minimum absolute atomic E-state index is 0.509. The largest absolute Gasteiger partial charge is 0.369 e. The van der Waals surface area contributed by atoms with Crippen molar-refractivity contribution in [3.05, 3.63) is 65.8 Å². The fourth-order valence-electron chi connectivity index (χ4n) is 6.20. The van der Waals surface area contributed by atoms with E-state index in [9.17, 15) is 0 Å². The number of pyridine rings is 1. The molecule has 6 heterocycles. The Balaban J connectivity index is 1.10. The maximum absolute atomic E-state index is 6.71. The zero-order valence-corrected chi connectivity index (χ0v) is 22.7. The van der Waals surface area contributed by atoms with Crippen molar-refractivity contribution in [3.8, 4) is 11.1 Å². The molecule has 2 aromatic carbocycles. The van der Waals surface area contributed by atoms with Gasteiger partial charge in [0.25, 0.3) is 0 Å². The normalized spacial score (nSPS) is 17.8. The van der Waals surface area contributed by atoms with Gasteiger partial charge in [0.1, 0.15) is 12.2 Å². The SMILES string of the molecule is Cc1nc2cc(Cl)c(-c3cc4cnc(Nc5ccc(N6CCN7CCC[C@@H]7C6)cc5)nc4n4cnnc34)cc2[nH]1. The Labute approximate surface area is 235 Å². The number of piperazine rings is 1. The average Bonchev–Trinajstić information content (AvgIpc) is 3.71. The molecule has 0 radical (unpaired) electrons. The van der Waals surface area contributed by atoms with E-state index in [0.717, 1.165) is 58.7 Å². The second-order valence-electron chi connectivity index (χ2n) is 10.7. The minimum atomic E-state index is 0.509. The van der Waals surface area contributed by atoms with E-state index >= 15 is 0 Å². The number of rotatable bonds is 4. The predicted molar refractivity (Wildman–Crippen MR) is 157 cm³/mol. The van der Waals surface area contributed by atoms with E-state index in [4.69, 9.17) is 16.6 Å². The Bertz CT molecular complexity index is 1890. The molecule has 1 atom stereocenters. The van der Waals surface area contributed by atoms with E-state index in [-0.39, 0.29) is 0 Å². The van der Waals surface area contributed by atoms with Crippen LogP contribution in [0, 0.1) is 6.92 Å². The number of H-pyrrole nitrogens is 1. The summed E-state index contributed by atoms with van der Waals surface area (Å²) in [6.07, 6.45) is 6.12. The highest BCUT2D eigenvalue weighted by atomic mass is 35.5. The van der Waals surface area contributed by atoms with E-state index in [2.05, 4.69) is 64.5 Å². The number of fused-ring (bicyclic) bond motifs is 5. The van der Waals surface area contributed by atoms with Crippen LogP contribution in [0.1, 0.15) is 18.7 Å². The minimum Gasteiger partial charge on any atom is -0.369 e. The predicted octanol–water partition coefficient (Wildman–Crippen LogP) is 5.21. The van der Waals surface area contributed by atoms with Gasteiger partial charge in [-0.15, -0.1) is 10.2 Å². The van der Waals surface area contributed by atoms with Crippen LogP contribution in [0.3, 0.4) is 0 Å². The van der Waals surface area contributed by atoms with Gasteiger partial charge in [0.15, 0.2) is 11.3 Å². The molecule has 2 N–H and O–H groups in total. The van der Waals surface area contributed by atoms with E-state index < -0.39 is 0 Å². The van der Waals surface area contributed by atoms with Crippen molar-refractivity contribution >= 4 is 56.6 Å². The van der Waals surface area contributed by atoms with Crippen molar-refractivity contribution < 1.29 is 0 Å². The van der Waals surface area contributed by atoms with Gasteiger partial charge < -0.3 is 15.2 Å². The van der Waals surface area contributed by atoms with Crippen LogP contribution in [0.5, 0.6) is 0 Å². The lowest BCUT2D eigenvalue weighted by Gasteiger charge is -2.38. The third-order valence-corrected chi connectivity index (χ3v) is 8.48. The third kappa shape index (κ3) is 3.94. The lowest BCUT2D eigenvalue weighted by Crippen LogP contribution is -2.50. The summed E-state index contributed by atoms with van der Waals surface area (Å²) in [5.41, 5.74) is 7.01. The number of hydrogen-bond acceptors (Lipinski definition) is 8. The van der Waals surface area contributed by atoms with Gasteiger partial charge in [-0.1, -0.05) is 11.6 Å². The number of aryl methyl sites for hydroxylation is 1. The molecule has 2 saturated heterocycles. The topological polar surface area (TPSA) is 103 Å². The second-order valence-corrected chi connectivity index (χ2v) is 11.1. The maximum Gasteiger partial charge on any atom is 0.229 e. The van der Waals surface area contributed by atoms with Crippen molar-refractivity contribution in [2.45, 2.75) is 25.8 Å². The van der Waals surface area contributed by atoms with Crippen molar-refractivity contribution in [2.24, 2.45) is 0 Å². The van der Waals surface area contributed by atoms with E-state index in [1.54, 1.807) is 6.33 Å². The highest BCUT2D eigenvalue weighted by Gasteiger charge is 2.30. The number of hydrogen-bond donors (Lipinski definition) is 2. The van der Waals surface area contributed by atoms with Gasteiger partial charge in [-0.25, -0.2) is 9.97 Å². The molecule has 8 rings (SSSR count). The van der Waals surface area contributed by atoms with Gasteiger partial charge >= 0.3 is 0 Å². The summed E-state index contributed by atoms with van der Waals surface area (Å²) in [5.74, 6) is 1.35. The number of nitrogens with one attached hydrogen (secondary N) is 2. The Morgan fingerprint density at radius 2 is 1.90 bits per heavy atom. The highest BCUT2D eigenvalue weighted by molar-refractivity contribution is 6.34. The molecule has 10 nitrogen and oxygen atoms in total. The third-order valence-electron chi connectivity index (χ3n) is 8.17. The first-order chi connectivity index (χ1) is 19.6. The molecule has 200 valence electrons. The van der Waals surface area contributed by atoms with Crippen molar-refractivity contribution in [1.82, 2.24) is 39.4 Å². The molecule has 4 aromatic heterocycles. The summed E-state index contributed by atoms with van der Waals surface area (Å²) >= 11 is 6.71. The zero-order valence-electron chi connectivity index (χ0n) is 22.0. The average molecular weight is 551 g/mol. The van der Waals surface area contributed by atoms with Gasteiger partial charge in [-0.05, 0) is 68.8 Å². The Kier molecular flexibility index (Phi) is 5.39. The molecule has 2 fully saturated rings. The van der Waals surface area contributed by atoms with E-state index in [0.29, 0.717) is 28.3 Å². The molecule has 0 amide bonds. The molecule has 2 aliphatic heterocycles. The zero-order chi connectivity index (χ0) is 26.8. The van der Waals surface area contributed by atoms with Crippen LogP contribution in [0.25, 0.3) is 38.8 Å². The van der Waals surface area contributed by atoms with Crippen LogP contribution < -0.4 is 10.2 Å². The smallest absolute Gasteiger partial charge is 0.229 e. The second kappa shape index (κ2) is 9.14. The lowest BCUT2D eigenvalue weighted by atomic mass is 10.0. The summed E-state index contributed by atoms with van der Waals surface area (Å²) in [7, 11) is 0. The Morgan fingerprint density at radius 3 is 2.80 bits per heavy atom. The van der Waals surface area contributed by atoms with Crippen LogP contribution in [-0.2, 0) is 0 Å². The summed E-state index contributed by atoms with van der Waals surface area (Å²) in [6, 6.07) is 15.1. The van der Waals surface area contributed by atoms with Crippen molar-refractivity contribution in [3.63, 3.8) is 0 Å². The first kappa shape index (κ1) is 23.6. The van der Waals surface area contributed by atoms with E-state index in [1.807, 2.05) is 35.7 Å². The number of anilines is 3. The van der Waals surface area contributed by atoms with Gasteiger partial charge in [-0.2, -0.15) is 4.98 Å². The molecule has 0 aliphatic carbocycles. The van der Waals surface area contributed by atoms with Crippen LogP contribution in [0.2, 0.25) is 5.02 Å².